The van der Waals surface area contributed by atoms with Crippen molar-refractivity contribution in [3.8, 4) is 0 Å². The van der Waals surface area contributed by atoms with E-state index in [2.05, 4.69) is 11.2 Å². The molecule has 0 saturated carbocycles. The van der Waals surface area contributed by atoms with Crippen LogP contribution in [0.1, 0.15) is 0 Å². The highest BCUT2D eigenvalue weighted by Crippen LogP contribution is 2.12. The molecule has 0 aromatic heterocycles. The van der Waals surface area contributed by atoms with Crippen molar-refractivity contribution < 1.29 is 13.3 Å². The van der Waals surface area contributed by atoms with Gasteiger partial charge in [-0.25, -0.2) is 0 Å². The first-order valence-electron chi connectivity index (χ1n) is 3.93. The predicted molar refractivity (Wildman–Crippen MR) is 65.9 cm³/mol. The van der Waals surface area contributed by atoms with Crippen molar-refractivity contribution in [2.45, 2.75) is 0 Å². The zero-order chi connectivity index (χ0) is 12.1. The minimum Gasteiger partial charge on any atom is -0.399 e. The van der Waals surface area contributed by atoms with E-state index in [1.807, 2.05) is 43.3 Å². The smallest absolute Gasteiger partial charge is 0.263 e. The predicted octanol–water partition coefficient (Wildman–Crippen LogP) is 1.01. The Kier molecular flexibility index (Phi) is 5.51. The second kappa shape index (κ2) is 5.86. The highest BCUT2D eigenvalue weighted by atomic mass is 32.9. The van der Waals surface area contributed by atoms with Crippen LogP contribution in [-0.2, 0) is 20.2 Å². The van der Waals surface area contributed by atoms with Gasteiger partial charge in [0.2, 0.25) is 0 Å². The van der Waals surface area contributed by atoms with E-state index >= 15 is 0 Å². The Hall–Kier alpha value is -0.890. The summed E-state index contributed by atoms with van der Waals surface area (Å²) in [6, 6.07) is 7.79. The maximum Gasteiger partial charge on any atom is 0.263 e. The highest BCUT2D eigenvalue weighted by Gasteiger charge is 1.91. The van der Waals surface area contributed by atoms with Gasteiger partial charge in [0.05, 0.1) is 0 Å². The molecule has 1 aromatic rings. The zero-order valence-electron chi connectivity index (χ0n) is 8.45. The van der Waals surface area contributed by atoms with Crippen LogP contribution in [0, 0.1) is 0 Å². The van der Waals surface area contributed by atoms with Crippen molar-refractivity contribution in [3.05, 3.63) is 24.3 Å². The summed E-state index contributed by atoms with van der Waals surface area (Å²) in [5.74, 6) is 0. The molecule has 0 amide bonds. The third kappa shape index (κ3) is 9.42. The molecule has 0 saturated heterocycles. The lowest BCUT2D eigenvalue weighted by molar-refractivity contribution is 0.450. The molecule has 4 N–H and O–H groups in total. The fourth-order valence-electron chi connectivity index (χ4n) is 0.772. The van der Waals surface area contributed by atoms with E-state index < -0.39 is 9.05 Å². The van der Waals surface area contributed by atoms with Crippen LogP contribution in [0.3, 0.4) is 0 Å². The topological polar surface area (TPSA) is 86.8 Å². The molecule has 0 aliphatic rings. The molecule has 1 aromatic carbocycles. The maximum absolute atomic E-state index is 9.11. The molecular weight excluding hydrogens is 236 g/mol. The molecular formula is C8H14N2O3S2. The summed E-state index contributed by atoms with van der Waals surface area (Å²) in [5.41, 5.74) is 7.49. The van der Waals surface area contributed by atoms with Crippen molar-refractivity contribution in [2.75, 3.05) is 24.7 Å². The molecule has 0 atom stereocenters. The van der Waals surface area contributed by atoms with Crippen LogP contribution in [-0.4, -0.2) is 27.4 Å². The molecule has 1 rings (SSSR count). The van der Waals surface area contributed by atoms with Gasteiger partial charge >= 0.3 is 0 Å². The largest absolute Gasteiger partial charge is 0.399 e. The summed E-state index contributed by atoms with van der Waals surface area (Å²) in [6.07, 6.45) is 0. The van der Waals surface area contributed by atoms with Gasteiger partial charge in [0, 0.05) is 36.7 Å². The minimum atomic E-state index is -3.83. The quantitative estimate of drug-likeness (QED) is 0.645. The Bertz CT molecular complexity index is 379. The number of rotatable bonds is 1. The standard InChI is InChI=1S/C8H12N2.H2O3S2/c1-10(2)8-5-3-7(9)4-6-8;1-5(2,3)4/h3-6H,9H2,1-2H3;(H2,1,2,3,4). The molecule has 0 fully saturated rings. The Labute approximate surface area is 94.2 Å². The average Bonchev–Trinajstić information content (AvgIpc) is 2.01. The monoisotopic (exact) mass is 250 g/mol. The van der Waals surface area contributed by atoms with Crippen LogP contribution in [0.15, 0.2) is 24.3 Å². The van der Waals surface area contributed by atoms with E-state index in [4.69, 9.17) is 19.0 Å². The first kappa shape index (κ1) is 14.1. The fraction of sp³-hybridized carbons (Fsp3) is 0.250. The summed E-state index contributed by atoms with van der Waals surface area (Å²) in [7, 11) is 0.178. The van der Waals surface area contributed by atoms with Crippen LogP contribution in [0.5, 0.6) is 0 Å². The number of hydrogen-bond donors (Lipinski definition) is 3. The van der Waals surface area contributed by atoms with Crippen LogP contribution in [0.2, 0.25) is 0 Å². The van der Waals surface area contributed by atoms with E-state index in [9.17, 15) is 0 Å². The van der Waals surface area contributed by atoms with Crippen LogP contribution in [0.25, 0.3) is 0 Å². The SMILES string of the molecule is CN(C)c1ccc(N)cc1.O=S(O)(O)=S. The number of nitrogen functional groups attached to an aromatic ring is 1. The Balaban J connectivity index is 0.000000336. The number of benzene rings is 1. The highest BCUT2D eigenvalue weighted by molar-refractivity contribution is 8.26. The molecule has 0 radical (unpaired) electrons. The Morgan fingerprint density at radius 3 is 1.87 bits per heavy atom. The first-order valence-corrected chi connectivity index (χ1v) is 6.32. The summed E-state index contributed by atoms with van der Waals surface area (Å²) < 4.78 is 24.0. The van der Waals surface area contributed by atoms with Crippen molar-refractivity contribution in [1.29, 1.82) is 0 Å². The normalized spacial score (nSPS) is 10.1. The molecule has 0 unspecified atom stereocenters. The van der Waals surface area contributed by atoms with Crippen molar-refractivity contribution in [3.63, 3.8) is 0 Å². The van der Waals surface area contributed by atoms with Crippen molar-refractivity contribution >= 4 is 31.6 Å². The van der Waals surface area contributed by atoms with Gasteiger partial charge in [0.15, 0.2) is 0 Å². The van der Waals surface area contributed by atoms with Crippen molar-refractivity contribution in [1.82, 2.24) is 0 Å². The molecule has 86 valence electrons. The van der Waals surface area contributed by atoms with E-state index in [0.717, 1.165) is 5.69 Å². The lowest BCUT2D eigenvalue weighted by Gasteiger charge is -2.11. The summed E-state index contributed by atoms with van der Waals surface area (Å²) in [5, 5.41) is 0. The number of nitrogens with two attached hydrogens (primary N) is 1. The molecule has 15 heavy (non-hydrogen) atoms. The number of anilines is 2. The van der Waals surface area contributed by atoms with Crippen LogP contribution in [0.4, 0.5) is 11.4 Å². The first-order chi connectivity index (χ1) is 6.70. The second-order valence-corrected chi connectivity index (χ2v) is 5.13. The van der Waals surface area contributed by atoms with E-state index in [1.165, 1.54) is 5.69 Å². The number of nitrogens with zero attached hydrogens (tertiary/aromatic N) is 1. The fourth-order valence-corrected chi connectivity index (χ4v) is 0.772. The molecule has 7 heteroatoms. The average molecular weight is 250 g/mol. The molecule has 0 aliphatic heterocycles. The summed E-state index contributed by atoms with van der Waals surface area (Å²) in [4.78, 5) is 2.04. The van der Waals surface area contributed by atoms with E-state index in [-0.39, 0.29) is 0 Å². The van der Waals surface area contributed by atoms with Crippen LogP contribution >= 0.6 is 0 Å². The molecule has 0 bridgehead atoms. The van der Waals surface area contributed by atoms with Gasteiger partial charge in [-0.1, -0.05) is 0 Å². The van der Waals surface area contributed by atoms with Gasteiger partial charge in [-0.3, -0.25) is 9.11 Å². The van der Waals surface area contributed by atoms with E-state index in [1.54, 1.807) is 0 Å². The van der Waals surface area contributed by atoms with Gasteiger partial charge in [0.25, 0.3) is 9.05 Å². The molecule has 5 nitrogen and oxygen atoms in total. The zero-order valence-corrected chi connectivity index (χ0v) is 10.1. The maximum atomic E-state index is 9.11. The van der Waals surface area contributed by atoms with Gasteiger partial charge in [-0.15, -0.1) is 0 Å². The third-order valence-corrected chi connectivity index (χ3v) is 1.41. The Morgan fingerprint density at radius 1 is 1.27 bits per heavy atom. The van der Waals surface area contributed by atoms with Gasteiger partial charge in [0.1, 0.15) is 0 Å². The third-order valence-electron chi connectivity index (χ3n) is 1.41. The van der Waals surface area contributed by atoms with Gasteiger partial charge < -0.3 is 10.6 Å². The van der Waals surface area contributed by atoms with Gasteiger partial charge in [-0.2, -0.15) is 4.21 Å². The Morgan fingerprint density at radius 2 is 1.60 bits per heavy atom. The number of hydrogen-bond acceptors (Lipinski definition) is 4. The summed E-state index contributed by atoms with van der Waals surface area (Å²) >= 11 is 3.47. The molecule has 0 heterocycles. The molecule has 0 spiro atoms. The lowest BCUT2D eigenvalue weighted by atomic mass is 10.3. The lowest BCUT2D eigenvalue weighted by Crippen LogP contribution is -2.08. The van der Waals surface area contributed by atoms with Crippen LogP contribution < -0.4 is 10.6 Å². The minimum absolute atomic E-state index is 0.811. The van der Waals surface area contributed by atoms with Gasteiger partial charge in [-0.05, 0) is 24.3 Å². The van der Waals surface area contributed by atoms with E-state index in [0.29, 0.717) is 0 Å². The molecule has 0 aliphatic carbocycles. The van der Waals surface area contributed by atoms with Crippen molar-refractivity contribution in [2.24, 2.45) is 0 Å². The summed E-state index contributed by atoms with van der Waals surface area (Å²) in [6.45, 7) is 0. The second-order valence-electron chi connectivity index (χ2n) is 2.93.